The lowest BCUT2D eigenvalue weighted by Gasteiger charge is -2.18. The van der Waals surface area contributed by atoms with Crippen molar-refractivity contribution >= 4 is 38.5 Å². The van der Waals surface area contributed by atoms with Crippen molar-refractivity contribution in [1.29, 1.82) is 0 Å². The van der Waals surface area contributed by atoms with Gasteiger partial charge in [0.2, 0.25) is 10.0 Å². The number of hydrogen-bond donors (Lipinski definition) is 2. The summed E-state index contributed by atoms with van der Waals surface area (Å²) in [5.74, 6) is -0.415. The molecule has 4 rings (SSSR count). The van der Waals surface area contributed by atoms with Crippen LogP contribution in [0.25, 0.3) is 10.9 Å². The molecule has 0 amide bonds. The number of nitrogens with zero attached hydrogens (tertiary/aromatic N) is 2. The number of benzene rings is 3. The third kappa shape index (κ3) is 7.36. The van der Waals surface area contributed by atoms with Gasteiger partial charge in [-0.05, 0) is 79.4 Å². The first-order valence-corrected chi connectivity index (χ1v) is 15.3. The van der Waals surface area contributed by atoms with Crippen LogP contribution in [0.1, 0.15) is 47.1 Å². The second kappa shape index (κ2) is 13.2. The second-order valence-corrected chi connectivity index (χ2v) is 12.8. The molecule has 0 radical (unpaired) electrons. The molecule has 8 nitrogen and oxygen atoms in total. The number of rotatable bonds is 12. The highest BCUT2D eigenvalue weighted by atomic mass is 35.5. The maximum Gasteiger partial charge on any atom is 0.354 e. The minimum Gasteiger partial charge on any atom is -0.461 e. The Morgan fingerprint density at radius 1 is 1.05 bits per heavy atom. The van der Waals surface area contributed by atoms with Crippen LogP contribution in [-0.2, 0) is 27.7 Å². The third-order valence-electron chi connectivity index (χ3n) is 6.93. The SMILES string of the molecule is CCOC(=O)c1cc2cc(CC(C)NC[C@H](O)c3cccc(Cl)c3)ccc2n1Cc1ccc(S(=O)(=O)N(C)C)cc1. The zero-order valence-electron chi connectivity index (χ0n) is 23.7. The zero-order chi connectivity index (χ0) is 29.7. The number of sulfonamides is 1. The maximum atomic E-state index is 12.9. The molecule has 4 aromatic rings. The minimum atomic E-state index is -3.53. The van der Waals surface area contributed by atoms with Crippen molar-refractivity contribution in [3.8, 4) is 0 Å². The van der Waals surface area contributed by atoms with Gasteiger partial charge in [0.25, 0.3) is 0 Å². The molecule has 41 heavy (non-hydrogen) atoms. The highest BCUT2D eigenvalue weighted by Gasteiger charge is 2.20. The average molecular weight is 598 g/mol. The molecule has 0 spiro atoms. The van der Waals surface area contributed by atoms with Crippen LogP contribution >= 0.6 is 11.6 Å². The Bertz CT molecular complexity index is 1620. The summed E-state index contributed by atoms with van der Waals surface area (Å²) < 4.78 is 33.3. The van der Waals surface area contributed by atoms with Gasteiger partial charge in [-0.2, -0.15) is 0 Å². The van der Waals surface area contributed by atoms with E-state index in [1.807, 2.05) is 34.9 Å². The van der Waals surface area contributed by atoms with Crippen LogP contribution < -0.4 is 5.32 Å². The molecule has 0 fully saturated rings. The molecule has 0 saturated heterocycles. The molecule has 3 aromatic carbocycles. The summed E-state index contributed by atoms with van der Waals surface area (Å²) in [6.07, 6.45) is 0.0526. The van der Waals surface area contributed by atoms with Gasteiger partial charge in [-0.15, -0.1) is 0 Å². The molecule has 2 atom stereocenters. The molecule has 0 aliphatic heterocycles. The van der Waals surface area contributed by atoms with Crippen molar-refractivity contribution in [1.82, 2.24) is 14.2 Å². The van der Waals surface area contributed by atoms with E-state index in [0.717, 1.165) is 34.0 Å². The van der Waals surface area contributed by atoms with E-state index in [1.165, 1.54) is 18.4 Å². The van der Waals surface area contributed by atoms with Gasteiger partial charge in [0.1, 0.15) is 5.69 Å². The monoisotopic (exact) mass is 597 g/mol. The van der Waals surface area contributed by atoms with Crippen LogP contribution in [0.5, 0.6) is 0 Å². The Hall–Kier alpha value is -3.21. The van der Waals surface area contributed by atoms with Gasteiger partial charge in [0.05, 0.1) is 17.6 Å². The Morgan fingerprint density at radius 2 is 1.76 bits per heavy atom. The number of aromatic nitrogens is 1. The van der Waals surface area contributed by atoms with Gasteiger partial charge in [-0.1, -0.05) is 41.9 Å². The fourth-order valence-electron chi connectivity index (χ4n) is 4.72. The number of aliphatic hydroxyl groups excluding tert-OH is 1. The van der Waals surface area contributed by atoms with Gasteiger partial charge in [0.15, 0.2) is 0 Å². The molecular formula is C31H36ClN3O5S. The van der Waals surface area contributed by atoms with E-state index in [9.17, 15) is 18.3 Å². The van der Waals surface area contributed by atoms with E-state index in [4.69, 9.17) is 16.3 Å². The van der Waals surface area contributed by atoms with Crippen molar-refractivity contribution in [2.24, 2.45) is 0 Å². The topological polar surface area (TPSA) is 101 Å². The van der Waals surface area contributed by atoms with Crippen LogP contribution in [-0.4, -0.2) is 61.7 Å². The highest BCUT2D eigenvalue weighted by Crippen LogP contribution is 2.25. The van der Waals surface area contributed by atoms with Crippen molar-refractivity contribution < 1.29 is 23.1 Å². The van der Waals surface area contributed by atoms with E-state index in [-0.39, 0.29) is 17.5 Å². The summed E-state index contributed by atoms with van der Waals surface area (Å²) in [6.45, 7) is 4.85. The first-order chi connectivity index (χ1) is 19.5. The molecular weight excluding hydrogens is 562 g/mol. The molecule has 0 bridgehead atoms. The standard InChI is InChI=1S/C31H36ClN3O5S/c1-5-40-31(37)29-18-25-16-23(15-21(2)33-19-30(36)24-7-6-8-26(32)17-24)11-14-28(25)35(29)20-22-9-12-27(13-10-22)41(38,39)34(3)4/h6-14,16-18,21,30,33,36H,5,15,19-20H2,1-4H3/t21?,30-/m0/s1. The molecule has 1 aromatic heterocycles. The highest BCUT2D eigenvalue weighted by molar-refractivity contribution is 7.89. The number of carbonyl (C=O) groups excluding carboxylic acids is 1. The number of carbonyl (C=O) groups is 1. The van der Waals surface area contributed by atoms with E-state index in [1.54, 1.807) is 43.3 Å². The second-order valence-electron chi connectivity index (χ2n) is 10.2. The molecule has 1 heterocycles. The van der Waals surface area contributed by atoms with Gasteiger partial charge >= 0.3 is 5.97 Å². The first kappa shape index (κ1) is 30.7. The predicted molar refractivity (Wildman–Crippen MR) is 162 cm³/mol. The lowest BCUT2D eigenvalue weighted by Crippen LogP contribution is -2.32. The van der Waals surface area contributed by atoms with Gasteiger partial charge in [0, 0.05) is 49.2 Å². The van der Waals surface area contributed by atoms with Crippen LogP contribution in [0.3, 0.4) is 0 Å². The van der Waals surface area contributed by atoms with Crippen molar-refractivity contribution in [3.05, 3.63) is 100 Å². The summed E-state index contributed by atoms with van der Waals surface area (Å²) in [5, 5.41) is 15.4. The Labute approximate surface area is 246 Å². The smallest absolute Gasteiger partial charge is 0.354 e. The maximum absolute atomic E-state index is 12.9. The number of fused-ring (bicyclic) bond motifs is 1. The summed E-state index contributed by atoms with van der Waals surface area (Å²) in [6, 6.07) is 21.9. The quantitative estimate of drug-likeness (QED) is 0.222. The van der Waals surface area contributed by atoms with Crippen LogP contribution in [0, 0.1) is 0 Å². The molecule has 0 aliphatic carbocycles. The van der Waals surface area contributed by atoms with Crippen LogP contribution in [0.2, 0.25) is 5.02 Å². The average Bonchev–Trinajstić information content (AvgIpc) is 3.29. The van der Waals surface area contributed by atoms with Crippen molar-refractivity contribution in [2.75, 3.05) is 27.2 Å². The Kier molecular flexibility index (Phi) is 9.88. The van der Waals surface area contributed by atoms with Gasteiger partial charge < -0.3 is 19.7 Å². The molecule has 0 aliphatic rings. The first-order valence-electron chi connectivity index (χ1n) is 13.5. The van der Waals surface area contributed by atoms with E-state index < -0.39 is 22.1 Å². The number of halogens is 1. The van der Waals surface area contributed by atoms with Crippen molar-refractivity contribution in [3.63, 3.8) is 0 Å². The van der Waals surface area contributed by atoms with Crippen molar-refractivity contribution in [2.45, 2.75) is 43.9 Å². The van der Waals surface area contributed by atoms with E-state index >= 15 is 0 Å². The predicted octanol–water partition coefficient (Wildman–Crippen LogP) is 5.02. The summed E-state index contributed by atoms with van der Waals surface area (Å²) in [4.78, 5) is 13.1. The lowest BCUT2D eigenvalue weighted by atomic mass is 10.0. The van der Waals surface area contributed by atoms with Crippen LogP contribution in [0.15, 0.2) is 77.7 Å². The number of ether oxygens (including phenoxy) is 1. The lowest BCUT2D eigenvalue weighted by molar-refractivity contribution is 0.0515. The Balaban J connectivity index is 1.53. The number of esters is 1. The molecule has 218 valence electrons. The fraction of sp³-hybridized carbons (Fsp3) is 0.323. The number of nitrogens with one attached hydrogen (secondary N) is 1. The summed E-state index contributed by atoms with van der Waals surface area (Å²) >= 11 is 6.05. The molecule has 2 N–H and O–H groups in total. The third-order valence-corrected chi connectivity index (χ3v) is 8.99. The van der Waals surface area contributed by atoms with E-state index in [0.29, 0.717) is 23.8 Å². The van der Waals surface area contributed by atoms with Crippen LogP contribution in [0.4, 0.5) is 0 Å². The van der Waals surface area contributed by atoms with Gasteiger partial charge in [-0.3, -0.25) is 0 Å². The molecule has 1 unspecified atom stereocenters. The van der Waals surface area contributed by atoms with Gasteiger partial charge in [-0.25, -0.2) is 17.5 Å². The summed E-state index contributed by atoms with van der Waals surface area (Å²) in [7, 11) is -0.538. The summed E-state index contributed by atoms with van der Waals surface area (Å²) in [5.41, 5.74) is 4.01. The van der Waals surface area contributed by atoms with E-state index in [2.05, 4.69) is 18.3 Å². The normalized spacial score (nSPS) is 13.4. The fourth-order valence-corrected chi connectivity index (χ4v) is 5.82. The Morgan fingerprint density at radius 3 is 2.41 bits per heavy atom. The molecule has 0 saturated carbocycles. The largest absolute Gasteiger partial charge is 0.461 e. The minimum absolute atomic E-state index is 0.0878. The number of aliphatic hydroxyl groups is 1. The zero-order valence-corrected chi connectivity index (χ0v) is 25.2. The molecule has 10 heteroatoms. The number of hydrogen-bond acceptors (Lipinski definition) is 6.